The molecule has 0 amide bonds. The highest BCUT2D eigenvalue weighted by molar-refractivity contribution is 5.90. The molecule has 2 aromatic carbocycles. The van der Waals surface area contributed by atoms with Gasteiger partial charge in [0.1, 0.15) is 5.82 Å². The van der Waals surface area contributed by atoms with Gasteiger partial charge in [-0.3, -0.25) is 0 Å². The number of fused-ring (bicyclic) bond motifs is 1. The lowest BCUT2D eigenvalue weighted by molar-refractivity contribution is 0.579. The fraction of sp³-hybridized carbons (Fsp3) is 0.273. The summed E-state index contributed by atoms with van der Waals surface area (Å²) in [6.45, 7) is 2.05. The van der Waals surface area contributed by atoms with Gasteiger partial charge in [-0.1, -0.05) is 42.7 Å². The molecular formula is C22H21N5O. The maximum atomic E-state index is 5.89. The van der Waals surface area contributed by atoms with Crippen LogP contribution in [0, 0.1) is 6.92 Å². The van der Waals surface area contributed by atoms with Crippen molar-refractivity contribution < 1.29 is 4.42 Å². The summed E-state index contributed by atoms with van der Waals surface area (Å²) in [5.41, 5.74) is 2.93. The molecule has 4 aromatic rings. The molecule has 0 spiro atoms. The highest BCUT2D eigenvalue weighted by atomic mass is 16.4. The van der Waals surface area contributed by atoms with Gasteiger partial charge in [0.2, 0.25) is 11.7 Å². The number of hydrogen-bond donors (Lipinski definition) is 1. The van der Waals surface area contributed by atoms with Gasteiger partial charge >= 0.3 is 0 Å². The van der Waals surface area contributed by atoms with Crippen molar-refractivity contribution in [2.75, 3.05) is 5.32 Å². The lowest BCUT2D eigenvalue weighted by Crippen LogP contribution is -2.16. The first-order valence-corrected chi connectivity index (χ1v) is 9.70. The predicted molar refractivity (Wildman–Crippen MR) is 109 cm³/mol. The molecule has 1 aliphatic rings. The summed E-state index contributed by atoms with van der Waals surface area (Å²) in [5, 5.41) is 13.0. The van der Waals surface area contributed by atoms with E-state index in [1.807, 2.05) is 55.5 Å². The quantitative estimate of drug-likeness (QED) is 0.543. The van der Waals surface area contributed by atoms with Crippen molar-refractivity contribution in [3.8, 4) is 23.2 Å². The van der Waals surface area contributed by atoms with Crippen LogP contribution in [-0.2, 0) is 0 Å². The Labute approximate surface area is 163 Å². The standard InChI is InChI=1S/C22H21N5O/c1-14-10-12-15(13-11-14)21-26-27-22(28-21)20-24-18-9-5-4-8-17(18)19(25-20)23-16-6-2-3-7-16/h4-5,8-13,16H,2-3,6-7H2,1H3,(H,23,24,25). The van der Waals surface area contributed by atoms with E-state index < -0.39 is 0 Å². The first-order chi connectivity index (χ1) is 13.8. The maximum Gasteiger partial charge on any atom is 0.286 e. The first kappa shape index (κ1) is 16.9. The molecule has 140 valence electrons. The third-order valence-electron chi connectivity index (χ3n) is 5.21. The van der Waals surface area contributed by atoms with E-state index in [4.69, 9.17) is 9.40 Å². The smallest absolute Gasteiger partial charge is 0.286 e. The van der Waals surface area contributed by atoms with Gasteiger partial charge in [0.05, 0.1) is 5.52 Å². The van der Waals surface area contributed by atoms with Crippen molar-refractivity contribution >= 4 is 16.7 Å². The van der Waals surface area contributed by atoms with Crippen molar-refractivity contribution in [3.05, 3.63) is 54.1 Å². The molecule has 0 radical (unpaired) electrons. The molecule has 1 N–H and O–H groups in total. The number of aromatic nitrogens is 4. The lowest BCUT2D eigenvalue weighted by Gasteiger charge is -2.14. The van der Waals surface area contributed by atoms with Crippen molar-refractivity contribution in [2.24, 2.45) is 0 Å². The van der Waals surface area contributed by atoms with Crippen LogP contribution in [0.3, 0.4) is 0 Å². The van der Waals surface area contributed by atoms with Gasteiger partial charge in [-0.2, -0.15) is 0 Å². The molecule has 0 aliphatic heterocycles. The fourth-order valence-electron chi connectivity index (χ4n) is 3.67. The zero-order valence-electron chi connectivity index (χ0n) is 15.7. The van der Waals surface area contributed by atoms with Gasteiger partial charge < -0.3 is 9.73 Å². The average Bonchev–Trinajstić information content (AvgIpc) is 3.41. The molecule has 2 heterocycles. The van der Waals surface area contributed by atoms with Crippen molar-refractivity contribution in [3.63, 3.8) is 0 Å². The molecule has 0 bridgehead atoms. The van der Waals surface area contributed by atoms with Crippen LogP contribution in [-0.4, -0.2) is 26.2 Å². The van der Waals surface area contributed by atoms with Crippen LogP contribution in [0.25, 0.3) is 34.1 Å². The van der Waals surface area contributed by atoms with E-state index in [-0.39, 0.29) is 0 Å². The highest BCUT2D eigenvalue weighted by Gasteiger charge is 2.19. The Morgan fingerprint density at radius 3 is 2.46 bits per heavy atom. The summed E-state index contributed by atoms with van der Waals surface area (Å²) in [7, 11) is 0. The Morgan fingerprint density at radius 2 is 1.64 bits per heavy atom. The number of hydrogen-bond acceptors (Lipinski definition) is 6. The topological polar surface area (TPSA) is 76.7 Å². The SMILES string of the molecule is Cc1ccc(-c2nnc(-c3nc(NC4CCCC4)c4ccccc4n3)o2)cc1. The number of nitrogens with zero attached hydrogens (tertiary/aromatic N) is 4. The molecule has 0 unspecified atom stereocenters. The van der Waals surface area contributed by atoms with E-state index in [0.717, 1.165) is 22.3 Å². The minimum atomic E-state index is 0.329. The third kappa shape index (κ3) is 3.22. The molecular weight excluding hydrogens is 350 g/mol. The Bertz CT molecular complexity index is 1110. The van der Waals surface area contributed by atoms with E-state index in [9.17, 15) is 0 Å². The molecule has 1 saturated carbocycles. The van der Waals surface area contributed by atoms with E-state index in [2.05, 4.69) is 20.5 Å². The van der Waals surface area contributed by atoms with E-state index in [1.54, 1.807) is 0 Å². The monoisotopic (exact) mass is 371 g/mol. The van der Waals surface area contributed by atoms with Crippen LogP contribution in [0.2, 0.25) is 0 Å². The van der Waals surface area contributed by atoms with Crippen molar-refractivity contribution in [1.82, 2.24) is 20.2 Å². The summed E-state index contributed by atoms with van der Waals surface area (Å²) in [5.74, 6) is 2.08. The van der Waals surface area contributed by atoms with Crippen LogP contribution >= 0.6 is 0 Å². The number of rotatable bonds is 4. The van der Waals surface area contributed by atoms with E-state index in [1.165, 1.54) is 31.2 Å². The third-order valence-corrected chi connectivity index (χ3v) is 5.21. The summed E-state index contributed by atoms with van der Waals surface area (Å²) in [6.07, 6.45) is 4.87. The predicted octanol–water partition coefficient (Wildman–Crippen LogP) is 5.01. The molecule has 6 nitrogen and oxygen atoms in total. The molecule has 6 heteroatoms. The molecule has 0 saturated heterocycles. The fourth-order valence-corrected chi connectivity index (χ4v) is 3.67. The van der Waals surface area contributed by atoms with Crippen LogP contribution in [0.1, 0.15) is 31.2 Å². The summed E-state index contributed by atoms with van der Waals surface area (Å²) >= 11 is 0. The Morgan fingerprint density at radius 1 is 0.893 bits per heavy atom. The van der Waals surface area contributed by atoms with Gasteiger partial charge in [0, 0.05) is 17.0 Å². The summed E-state index contributed by atoms with van der Waals surface area (Å²) < 4.78 is 5.89. The van der Waals surface area contributed by atoms with E-state index in [0.29, 0.717) is 23.6 Å². The summed E-state index contributed by atoms with van der Waals surface area (Å²) in [6, 6.07) is 16.5. The van der Waals surface area contributed by atoms with E-state index >= 15 is 0 Å². The largest absolute Gasteiger partial charge is 0.413 e. The van der Waals surface area contributed by atoms with Gasteiger partial charge in [-0.15, -0.1) is 10.2 Å². The second-order valence-corrected chi connectivity index (χ2v) is 7.32. The van der Waals surface area contributed by atoms with Gasteiger partial charge in [-0.25, -0.2) is 9.97 Å². The zero-order chi connectivity index (χ0) is 18.9. The second kappa shape index (κ2) is 7.03. The van der Waals surface area contributed by atoms with Crippen LogP contribution < -0.4 is 5.32 Å². The Balaban J connectivity index is 1.54. The van der Waals surface area contributed by atoms with Crippen LogP contribution in [0.4, 0.5) is 5.82 Å². The van der Waals surface area contributed by atoms with Crippen molar-refractivity contribution in [2.45, 2.75) is 38.6 Å². The van der Waals surface area contributed by atoms with Gasteiger partial charge in [0.15, 0.2) is 0 Å². The van der Waals surface area contributed by atoms with Crippen LogP contribution in [0.5, 0.6) is 0 Å². The average molecular weight is 371 g/mol. The minimum Gasteiger partial charge on any atom is -0.413 e. The highest BCUT2D eigenvalue weighted by Crippen LogP contribution is 2.29. The van der Waals surface area contributed by atoms with Crippen molar-refractivity contribution in [1.29, 1.82) is 0 Å². The number of nitrogens with one attached hydrogen (secondary N) is 1. The number of aryl methyl sites for hydroxylation is 1. The lowest BCUT2D eigenvalue weighted by atomic mass is 10.1. The first-order valence-electron chi connectivity index (χ1n) is 9.70. The number of anilines is 1. The molecule has 2 aromatic heterocycles. The van der Waals surface area contributed by atoms with Crippen LogP contribution in [0.15, 0.2) is 52.9 Å². The molecule has 28 heavy (non-hydrogen) atoms. The second-order valence-electron chi connectivity index (χ2n) is 7.32. The molecule has 0 atom stereocenters. The number of benzene rings is 2. The number of para-hydroxylation sites is 1. The minimum absolute atomic E-state index is 0.329. The Kier molecular flexibility index (Phi) is 4.24. The van der Waals surface area contributed by atoms with Gasteiger partial charge in [-0.05, 0) is 44.0 Å². The molecule has 1 aliphatic carbocycles. The zero-order valence-corrected chi connectivity index (χ0v) is 15.7. The maximum absolute atomic E-state index is 5.89. The molecule has 5 rings (SSSR count). The summed E-state index contributed by atoms with van der Waals surface area (Å²) in [4.78, 5) is 9.39. The normalized spacial score (nSPS) is 14.6. The molecule has 1 fully saturated rings. The Hall–Kier alpha value is -3.28. The van der Waals surface area contributed by atoms with Gasteiger partial charge in [0.25, 0.3) is 5.89 Å².